The summed E-state index contributed by atoms with van der Waals surface area (Å²) in [5, 5.41) is 2.93. The number of amides is 2. The number of nitrogens with one attached hydrogen (secondary N) is 1. The molecule has 2 aliphatic heterocycles. The Balaban J connectivity index is 1.49. The van der Waals surface area contributed by atoms with Crippen LogP contribution in [0.25, 0.3) is 0 Å². The summed E-state index contributed by atoms with van der Waals surface area (Å²) in [7, 11) is 0. The van der Waals surface area contributed by atoms with Crippen LogP contribution in [0.2, 0.25) is 0 Å². The Hall–Kier alpha value is -3.02. The van der Waals surface area contributed by atoms with Crippen molar-refractivity contribution in [3.63, 3.8) is 0 Å². The van der Waals surface area contributed by atoms with Crippen molar-refractivity contribution in [2.45, 2.75) is 32.4 Å². The number of nitrogens with zero attached hydrogens (tertiary/aromatic N) is 1. The number of likely N-dealkylation sites (tertiary alicyclic amines) is 1. The van der Waals surface area contributed by atoms with E-state index >= 15 is 0 Å². The molecule has 6 heteroatoms. The summed E-state index contributed by atoms with van der Waals surface area (Å²) in [6.45, 7) is 2.56. The number of anilines is 1. The zero-order valence-electron chi connectivity index (χ0n) is 14.5. The van der Waals surface area contributed by atoms with Crippen molar-refractivity contribution in [1.29, 1.82) is 0 Å². The topological polar surface area (TPSA) is 67.9 Å². The maximum atomic E-state index is 12.7. The third kappa shape index (κ3) is 3.22. The molecule has 0 aliphatic carbocycles. The Morgan fingerprint density at radius 2 is 2.04 bits per heavy atom. The fourth-order valence-corrected chi connectivity index (χ4v) is 3.39. The van der Waals surface area contributed by atoms with Gasteiger partial charge >= 0.3 is 0 Å². The highest BCUT2D eigenvalue weighted by Crippen LogP contribution is 2.33. The monoisotopic (exact) mass is 352 g/mol. The van der Waals surface area contributed by atoms with Crippen molar-refractivity contribution in [3.8, 4) is 11.5 Å². The van der Waals surface area contributed by atoms with Gasteiger partial charge in [-0.05, 0) is 48.7 Å². The maximum absolute atomic E-state index is 12.7. The summed E-state index contributed by atoms with van der Waals surface area (Å²) in [5.41, 5.74) is 2.73. The minimum absolute atomic E-state index is 0.00735. The van der Waals surface area contributed by atoms with E-state index in [9.17, 15) is 9.59 Å². The smallest absolute Gasteiger partial charge is 0.247 e. The molecule has 2 aromatic carbocycles. The van der Waals surface area contributed by atoms with Crippen LogP contribution in [-0.4, -0.2) is 29.5 Å². The summed E-state index contributed by atoms with van der Waals surface area (Å²) in [6.07, 6.45) is 0.914. The summed E-state index contributed by atoms with van der Waals surface area (Å²) in [6, 6.07) is 12.8. The van der Waals surface area contributed by atoms with E-state index in [-0.39, 0.29) is 18.6 Å². The molecule has 2 amide bonds. The number of hydrogen-bond acceptors (Lipinski definition) is 4. The Bertz CT molecular complexity index is 865. The maximum Gasteiger partial charge on any atom is 0.247 e. The Morgan fingerprint density at radius 3 is 2.88 bits per heavy atom. The van der Waals surface area contributed by atoms with Gasteiger partial charge in [0, 0.05) is 18.7 Å². The minimum Gasteiger partial charge on any atom is -0.454 e. The molecule has 1 fully saturated rings. The molecule has 0 radical (unpaired) electrons. The lowest BCUT2D eigenvalue weighted by Crippen LogP contribution is -2.41. The van der Waals surface area contributed by atoms with E-state index in [1.807, 2.05) is 49.4 Å². The lowest BCUT2D eigenvalue weighted by Gasteiger charge is -2.24. The standard InChI is InChI=1S/C20H20N2O4/c1-13-3-2-4-15(9-13)21-20(24)16-6-8-19(23)22(16)11-14-5-7-17-18(10-14)26-12-25-17/h2-5,7,9-10,16H,6,8,11-12H2,1H3,(H,21,24). The number of rotatable bonds is 4. The van der Waals surface area contributed by atoms with Gasteiger partial charge in [0.15, 0.2) is 11.5 Å². The molecular formula is C20H20N2O4. The Morgan fingerprint density at radius 1 is 1.19 bits per heavy atom. The van der Waals surface area contributed by atoms with Gasteiger partial charge in [-0.15, -0.1) is 0 Å². The number of fused-ring (bicyclic) bond motifs is 1. The first-order valence-corrected chi connectivity index (χ1v) is 8.66. The van der Waals surface area contributed by atoms with E-state index in [1.165, 1.54) is 0 Å². The van der Waals surface area contributed by atoms with Crippen LogP contribution in [0.1, 0.15) is 24.0 Å². The van der Waals surface area contributed by atoms with Crippen LogP contribution in [0.3, 0.4) is 0 Å². The molecule has 1 N–H and O–H groups in total. The zero-order chi connectivity index (χ0) is 18.1. The molecule has 1 unspecified atom stereocenters. The van der Waals surface area contributed by atoms with Crippen LogP contribution in [0, 0.1) is 6.92 Å². The third-order valence-corrected chi connectivity index (χ3v) is 4.71. The van der Waals surface area contributed by atoms with E-state index in [0.717, 1.165) is 16.8 Å². The number of hydrogen-bond donors (Lipinski definition) is 1. The van der Waals surface area contributed by atoms with Crippen LogP contribution in [0.15, 0.2) is 42.5 Å². The second kappa shape index (κ2) is 6.71. The fraction of sp³-hybridized carbons (Fsp3) is 0.300. The molecule has 0 saturated carbocycles. The summed E-state index contributed by atoms with van der Waals surface area (Å²) in [5.74, 6) is 1.22. The molecule has 1 atom stereocenters. The number of ether oxygens (including phenoxy) is 2. The van der Waals surface area contributed by atoms with Crippen molar-refractivity contribution in [2.24, 2.45) is 0 Å². The first kappa shape index (κ1) is 16.4. The minimum atomic E-state index is -0.464. The van der Waals surface area contributed by atoms with Crippen LogP contribution in [-0.2, 0) is 16.1 Å². The van der Waals surface area contributed by atoms with Gasteiger partial charge in [0.2, 0.25) is 18.6 Å². The molecule has 2 heterocycles. The third-order valence-electron chi connectivity index (χ3n) is 4.71. The van der Waals surface area contributed by atoms with E-state index in [4.69, 9.17) is 9.47 Å². The zero-order valence-corrected chi connectivity index (χ0v) is 14.5. The van der Waals surface area contributed by atoms with Crippen molar-refractivity contribution in [2.75, 3.05) is 12.1 Å². The lowest BCUT2D eigenvalue weighted by molar-refractivity contribution is -0.133. The molecule has 0 bridgehead atoms. The first-order chi connectivity index (χ1) is 12.6. The molecule has 2 aromatic rings. The van der Waals surface area contributed by atoms with E-state index in [2.05, 4.69) is 5.32 Å². The van der Waals surface area contributed by atoms with Crippen molar-refractivity contribution in [1.82, 2.24) is 4.90 Å². The fourth-order valence-electron chi connectivity index (χ4n) is 3.39. The summed E-state index contributed by atoms with van der Waals surface area (Å²) >= 11 is 0. The second-order valence-electron chi connectivity index (χ2n) is 6.62. The quantitative estimate of drug-likeness (QED) is 0.919. The van der Waals surface area contributed by atoms with Gasteiger partial charge in [-0.2, -0.15) is 0 Å². The number of carbonyl (C=O) groups is 2. The lowest BCUT2D eigenvalue weighted by atomic mass is 10.1. The number of aryl methyl sites for hydroxylation is 1. The number of benzene rings is 2. The largest absolute Gasteiger partial charge is 0.454 e. The Kier molecular flexibility index (Phi) is 4.24. The molecule has 0 aromatic heterocycles. The SMILES string of the molecule is Cc1cccc(NC(=O)C2CCC(=O)N2Cc2ccc3c(c2)OCO3)c1. The highest BCUT2D eigenvalue weighted by Gasteiger charge is 2.36. The van der Waals surface area contributed by atoms with Gasteiger partial charge in [0.05, 0.1) is 0 Å². The predicted molar refractivity (Wildman–Crippen MR) is 95.9 cm³/mol. The van der Waals surface area contributed by atoms with E-state index < -0.39 is 6.04 Å². The van der Waals surface area contributed by atoms with Crippen molar-refractivity contribution in [3.05, 3.63) is 53.6 Å². The Labute approximate surface area is 151 Å². The second-order valence-corrected chi connectivity index (χ2v) is 6.62. The van der Waals surface area contributed by atoms with Crippen LogP contribution >= 0.6 is 0 Å². The predicted octanol–water partition coefficient (Wildman–Crippen LogP) is 2.85. The van der Waals surface area contributed by atoms with E-state index in [0.29, 0.717) is 30.9 Å². The molecule has 6 nitrogen and oxygen atoms in total. The molecule has 134 valence electrons. The average molecular weight is 352 g/mol. The number of carbonyl (C=O) groups excluding carboxylic acids is 2. The van der Waals surface area contributed by atoms with E-state index in [1.54, 1.807) is 4.90 Å². The van der Waals surface area contributed by atoms with Crippen LogP contribution < -0.4 is 14.8 Å². The highest BCUT2D eigenvalue weighted by molar-refractivity contribution is 5.99. The van der Waals surface area contributed by atoms with Crippen LogP contribution in [0.4, 0.5) is 5.69 Å². The molecule has 4 rings (SSSR count). The average Bonchev–Trinajstić information content (AvgIpc) is 3.22. The first-order valence-electron chi connectivity index (χ1n) is 8.66. The molecule has 2 aliphatic rings. The van der Waals surface area contributed by atoms with Gasteiger partial charge < -0.3 is 19.7 Å². The summed E-state index contributed by atoms with van der Waals surface area (Å²) < 4.78 is 10.7. The van der Waals surface area contributed by atoms with Crippen LogP contribution in [0.5, 0.6) is 11.5 Å². The van der Waals surface area contributed by atoms with Gasteiger partial charge in [-0.1, -0.05) is 18.2 Å². The van der Waals surface area contributed by atoms with Gasteiger partial charge in [0.1, 0.15) is 6.04 Å². The van der Waals surface area contributed by atoms with Crippen molar-refractivity contribution >= 4 is 17.5 Å². The highest BCUT2D eigenvalue weighted by atomic mass is 16.7. The van der Waals surface area contributed by atoms with Crippen molar-refractivity contribution < 1.29 is 19.1 Å². The molecule has 1 saturated heterocycles. The molecule has 26 heavy (non-hydrogen) atoms. The van der Waals surface area contributed by atoms with Gasteiger partial charge in [-0.25, -0.2) is 0 Å². The normalized spacial score (nSPS) is 18.3. The van der Waals surface area contributed by atoms with Gasteiger partial charge in [0.25, 0.3) is 0 Å². The van der Waals surface area contributed by atoms with Gasteiger partial charge in [-0.3, -0.25) is 9.59 Å². The summed E-state index contributed by atoms with van der Waals surface area (Å²) in [4.78, 5) is 26.7. The molecule has 0 spiro atoms. The molecular weight excluding hydrogens is 332 g/mol.